The van der Waals surface area contributed by atoms with Crippen LogP contribution < -0.4 is 4.74 Å². The van der Waals surface area contributed by atoms with Crippen molar-refractivity contribution in [1.82, 2.24) is 9.97 Å². The molecule has 0 aliphatic rings. The van der Waals surface area contributed by atoms with Gasteiger partial charge in [0, 0.05) is 23.3 Å². The first kappa shape index (κ1) is 13.2. The largest absolute Gasteiger partial charge is 0.488 e. The number of pyridine rings is 2. The third-order valence-corrected chi connectivity index (χ3v) is 3.44. The molecule has 0 spiro atoms. The van der Waals surface area contributed by atoms with E-state index in [1.807, 2.05) is 30.3 Å². The van der Waals surface area contributed by atoms with Crippen molar-refractivity contribution in [3.63, 3.8) is 0 Å². The van der Waals surface area contributed by atoms with E-state index in [9.17, 15) is 0 Å². The van der Waals surface area contributed by atoms with Crippen LogP contribution in [-0.2, 0) is 6.61 Å². The summed E-state index contributed by atoms with van der Waals surface area (Å²) in [5.74, 6) is 0.765. The molecule has 2 heterocycles. The number of nitrogens with zero attached hydrogens (tertiary/aromatic N) is 2. The van der Waals surface area contributed by atoms with Gasteiger partial charge in [0.15, 0.2) is 0 Å². The Morgan fingerprint density at radius 1 is 1.05 bits per heavy atom. The fourth-order valence-corrected chi connectivity index (χ4v) is 2.32. The highest BCUT2D eigenvalue weighted by Crippen LogP contribution is 2.26. The Kier molecular flexibility index (Phi) is 3.72. The molecule has 0 unspecified atom stereocenters. The normalized spacial score (nSPS) is 10.7. The lowest BCUT2D eigenvalue weighted by atomic mass is 10.2. The van der Waals surface area contributed by atoms with Crippen LogP contribution in [0.2, 0.25) is 10.2 Å². The summed E-state index contributed by atoms with van der Waals surface area (Å²) in [5, 5.41) is 1.88. The van der Waals surface area contributed by atoms with Crippen molar-refractivity contribution >= 4 is 34.1 Å². The lowest BCUT2D eigenvalue weighted by Crippen LogP contribution is -1.98. The number of aromatic nitrogens is 2. The SMILES string of the molecule is Clc1cc(Cl)c(COc2cccc3ncccc23)cn1. The molecule has 0 amide bonds. The average molecular weight is 305 g/mol. The van der Waals surface area contributed by atoms with Gasteiger partial charge in [0.2, 0.25) is 0 Å². The molecule has 0 aliphatic heterocycles. The summed E-state index contributed by atoms with van der Waals surface area (Å²) in [5.41, 5.74) is 1.68. The fraction of sp³-hybridized carbons (Fsp3) is 0.0667. The predicted molar refractivity (Wildman–Crippen MR) is 80.3 cm³/mol. The zero-order valence-corrected chi connectivity index (χ0v) is 11.9. The number of benzene rings is 1. The first-order chi connectivity index (χ1) is 9.74. The van der Waals surface area contributed by atoms with E-state index in [1.54, 1.807) is 18.5 Å². The van der Waals surface area contributed by atoms with Gasteiger partial charge in [-0.1, -0.05) is 29.3 Å². The first-order valence-corrected chi connectivity index (χ1v) is 6.76. The summed E-state index contributed by atoms with van der Waals surface area (Å²) in [7, 11) is 0. The Morgan fingerprint density at radius 3 is 2.80 bits per heavy atom. The summed E-state index contributed by atoms with van der Waals surface area (Å²) in [6.07, 6.45) is 3.38. The van der Waals surface area contributed by atoms with Crippen LogP contribution in [0.4, 0.5) is 0 Å². The molecule has 0 atom stereocenters. The molecule has 0 saturated carbocycles. The number of hydrogen-bond donors (Lipinski definition) is 0. The molecule has 0 fully saturated rings. The van der Waals surface area contributed by atoms with E-state index in [0.717, 1.165) is 22.2 Å². The van der Waals surface area contributed by atoms with E-state index in [2.05, 4.69) is 9.97 Å². The van der Waals surface area contributed by atoms with Crippen LogP contribution in [0.3, 0.4) is 0 Å². The monoisotopic (exact) mass is 304 g/mol. The Morgan fingerprint density at radius 2 is 1.95 bits per heavy atom. The molecule has 0 saturated heterocycles. The minimum Gasteiger partial charge on any atom is -0.488 e. The summed E-state index contributed by atoms with van der Waals surface area (Å²) in [6, 6.07) is 11.2. The van der Waals surface area contributed by atoms with Gasteiger partial charge in [-0.15, -0.1) is 0 Å². The highest BCUT2D eigenvalue weighted by Gasteiger charge is 2.06. The second kappa shape index (κ2) is 5.65. The number of halogens is 2. The molecule has 20 heavy (non-hydrogen) atoms. The van der Waals surface area contributed by atoms with E-state index in [0.29, 0.717) is 16.8 Å². The predicted octanol–water partition coefficient (Wildman–Crippen LogP) is 4.52. The van der Waals surface area contributed by atoms with Gasteiger partial charge < -0.3 is 4.74 Å². The highest BCUT2D eigenvalue weighted by molar-refractivity contribution is 6.34. The minimum atomic E-state index is 0.330. The molecule has 2 aromatic heterocycles. The number of ether oxygens (including phenoxy) is 1. The summed E-state index contributed by atoms with van der Waals surface area (Å²) in [4.78, 5) is 8.29. The van der Waals surface area contributed by atoms with E-state index in [4.69, 9.17) is 27.9 Å². The Labute approximate surface area is 126 Å². The molecule has 3 nitrogen and oxygen atoms in total. The van der Waals surface area contributed by atoms with Gasteiger partial charge in [-0.05, 0) is 30.3 Å². The van der Waals surface area contributed by atoms with Gasteiger partial charge in [0.05, 0.1) is 10.5 Å². The maximum Gasteiger partial charge on any atom is 0.130 e. The number of fused-ring (bicyclic) bond motifs is 1. The lowest BCUT2D eigenvalue weighted by Gasteiger charge is -2.09. The van der Waals surface area contributed by atoms with Crippen molar-refractivity contribution < 1.29 is 4.74 Å². The maximum absolute atomic E-state index is 6.10. The van der Waals surface area contributed by atoms with Crippen LogP contribution in [0.5, 0.6) is 5.75 Å². The fourth-order valence-electron chi connectivity index (χ4n) is 1.90. The van der Waals surface area contributed by atoms with Gasteiger partial charge in [-0.2, -0.15) is 0 Å². The van der Waals surface area contributed by atoms with Crippen molar-refractivity contribution in [3.05, 3.63) is 64.5 Å². The Hall–Kier alpha value is -1.84. The molecule has 0 bridgehead atoms. The van der Waals surface area contributed by atoms with Crippen molar-refractivity contribution in [3.8, 4) is 5.75 Å². The zero-order valence-electron chi connectivity index (χ0n) is 10.4. The van der Waals surface area contributed by atoms with Crippen LogP contribution in [-0.4, -0.2) is 9.97 Å². The highest BCUT2D eigenvalue weighted by atomic mass is 35.5. The molecule has 0 N–H and O–H groups in total. The number of rotatable bonds is 3. The van der Waals surface area contributed by atoms with Crippen LogP contribution in [0.1, 0.15) is 5.56 Å². The molecule has 0 aliphatic carbocycles. The Balaban J connectivity index is 1.87. The third kappa shape index (κ3) is 2.69. The topological polar surface area (TPSA) is 35.0 Å². The maximum atomic E-state index is 6.10. The van der Waals surface area contributed by atoms with Crippen molar-refractivity contribution in [2.45, 2.75) is 6.61 Å². The molecule has 1 aromatic carbocycles. The summed E-state index contributed by atoms with van der Waals surface area (Å²) < 4.78 is 5.82. The molecule has 3 rings (SSSR count). The quantitative estimate of drug-likeness (QED) is 0.668. The van der Waals surface area contributed by atoms with Crippen molar-refractivity contribution in [2.75, 3.05) is 0 Å². The van der Waals surface area contributed by atoms with Crippen LogP contribution in [0.15, 0.2) is 48.8 Å². The Bertz CT molecular complexity index is 756. The van der Waals surface area contributed by atoms with Gasteiger partial charge in [0.25, 0.3) is 0 Å². The molecule has 3 aromatic rings. The van der Waals surface area contributed by atoms with Crippen LogP contribution in [0.25, 0.3) is 10.9 Å². The van der Waals surface area contributed by atoms with Gasteiger partial charge in [-0.3, -0.25) is 4.98 Å². The van der Waals surface area contributed by atoms with E-state index in [1.165, 1.54) is 0 Å². The van der Waals surface area contributed by atoms with Crippen molar-refractivity contribution in [2.24, 2.45) is 0 Å². The summed E-state index contributed by atoms with van der Waals surface area (Å²) in [6.45, 7) is 0.330. The second-order valence-corrected chi connectivity index (χ2v) is 5.01. The smallest absolute Gasteiger partial charge is 0.130 e. The molecule has 0 radical (unpaired) electrons. The van der Waals surface area contributed by atoms with E-state index >= 15 is 0 Å². The lowest BCUT2D eigenvalue weighted by molar-refractivity contribution is 0.309. The zero-order chi connectivity index (χ0) is 13.9. The third-order valence-electron chi connectivity index (χ3n) is 2.89. The number of hydrogen-bond acceptors (Lipinski definition) is 3. The van der Waals surface area contributed by atoms with Gasteiger partial charge in [0.1, 0.15) is 17.5 Å². The average Bonchev–Trinajstić information content (AvgIpc) is 2.46. The molecule has 100 valence electrons. The minimum absolute atomic E-state index is 0.330. The van der Waals surface area contributed by atoms with Gasteiger partial charge >= 0.3 is 0 Å². The van der Waals surface area contributed by atoms with E-state index in [-0.39, 0.29) is 0 Å². The van der Waals surface area contributed by atoms with Gasteiger partial charge in [-0.25, -0.2) is 4.98 Å². The molecular formula is C15H10Cl2N2O. The van der Waals surface area contributed by atoms with Crippen LogP contribution in [0, 0.1) is 0 Å². The summed E-state index contributed by atoms with van der Waals surface area (Å²) >= 11 is 11.9. The standard InChI is InChI=1S/C15H10Cl2N2O/c16-12-7-15(17)19-8-10(12)9-20-14-5-1-4-13-11(14)3-2-6-18-13/h1-8H,9H2. The van der Waals surface area contributed by atoms with E-state index < -0.39 is 0 Å². The first-order valence-electron chi connectivity index (χ1n) is 6.00. The molecular weight excluding hydrogens is 295 g/mol. The second-order valence-electron chi connectivity index (χ2n) is 4.21. The van der Waals surface area contributed by atoms with Crippen molar-refractivity contribution in [1.29, 1.82) is 0 Å². The molecule has 5 heteroatoms. The van der Waals surface area contributed by atoms with Crippen LogP contribution >= 0.6 is 23.2 Å².